The maximum absolute atomic E-state index is 12.9. The summed E-state index contributed by atoms with van der Waals surface area (Å²) >= 11 is 1.45. The van der Waals surface area contributed by atoms with Crippen molar-refractivity contribution >= 4 is 45.0 Å². The van der Waals surface area contributed by atoms with Gasteiger partial charge in [0.1, 0.15) is 11.3 Å². The summed E-state index contributed by atoms with van der Waals surface area (Å²) in [6, 6.07) is 25.6. The summed E-state index contributed by atoms with van der Waals surface area (Å²) in [5.41, 5.74) is 5.70. The minimum absolute atomic E-state index is 0. The lowest BCUT2D eigenvalue weighted by Crippen LogP contribution is -2.14. The molecule has 0 aliphatic rings. The summed E-state index contributed by atoms with van der Waals surface area (Å²) in [5.74, 6) is 0.485. The number of thiazole rings is 1. The summed E-state index contributed by atoms with van der Waals surface area (Å²) in [6.45, 7) is 1.44. The van der Waals surface area contributed by atoms with Gasteiger partial charge in [-0.1, -0.05) is 59.9 Å². The maximum atomic E-state index is 12.9. The zero-order valence-electron chi connectivity index (χ0n) is 19.6. The molecule has 0 bridgehead atoms. The van der Waals surface area contributed by atoms with Crippen molar-refractivity contribution in [3.8, 4) is 16.9 Å². The molecule has 3 aromatic carbocycles. The van der Waals surface area contributed by atoms with Crippen molar-refractivity contribution in [1.82, 2.24) is 15.3 Å². The largest absolute Gasteiger partial charge is 0.494 e. The summed E-state index contributed by atoms with van der Waals surface area (Å²) in [5, 5.41) is 6.88. The van der Waals surface area contributed by atoms with E-state index in [4.69, 9.17) is 4.74 Å². The van der Waals surface area contributed by atoms with Gasteiger partial charge in [0.25, 0.3) is 5.91 Å². The molecule has 0 fully saturated rings. The van der Waals surface area contributed by atoms with Crippen molar-refractivity contribution in [3.63, 3.8) is 0 Å². The topological polar surface area (TPSA) is 76.1 Å². The number of fused-ring (bicyclic) bond motifs is 1. The molecule has 182 valence electrons. The monoisotopic (exact) mass is 516 g/mol. The quantitative estimate of drug-likeness (QED) is 0.252. The standard InChI is InChI=1S/C28H24N4O2S.ClH/c1-34-24-14-13-23(21-7-3-2-4-8-21)26-25(24)31-28(35-26)32-27(33)22-11-9-19(10-12-22)16-30-18-20-6-5-15-29-17-20;/h2-15,17,30H,16,18H2,1H3,(H,31,32,33);1H. The van der Waals surface area contributed by atoms with E-state index in [1.165, 1.54) is 11.3 Å². The zero-order chi connectivity index (χ0) is 24.0. The third kappa shape index (κ3) is 5.71. The molecular weight excluding hydrogens is 492 g/mol. The van der Waals surface area contributed by atoms with Crippen molar-refractivity contribution in [3.05, 3.63) is 108 Å². The maximum Gasteiger partial charge on any atom is 0.257 e. The number of ether oxygens (including phenoxy) is 1. The molecule has 2 aromatic heterocycles. The Bertz CT molecular complexity index is 1440. The highest BCUT2D eigenvalue weighted by Gasteiger charge is 2.16. The van der Waals surface area contributed by atoms with Crippen molar-refractivity contribution < 1.29 is 9.53 Å². The number of aromatic nitrogens is 2. The molecular formula is C28H25ClN4O2S. The number of hydrogen-bond donors (Lipinski definition) is 2. The van der Waals surface area contributed by atoms with E-state index in [0.717, 1.165) is 39.0 Å². The number of methoxy groups -OCH3 is 1. The molecule has 0 radical (unpaired) electrons. The van der Waals surface area contributed by atoms with Crippen LogP contribution in [0.4, 0.5) is 5.13 Å². The van der Waals surface area contributed by atoms with E-state index in [0.29, 0.717) is 23.0 Å². The molecule has 0 aliphatic heterocycles. The summed E-state index contributed by atoms with van der Waals surface area (Å²) < 4.78 is 6.49. The van der Waals surface area contributed by atoms with Crippen molar-refractivity contribution in [2.45, 2.75) is 13.1 Å². The average Bonchev–Trinajstić information content (AvgIpc) is 3.33. The predicted octanol–water partition coefficient (Wildman–Crippen LogP) is 6.33. The van der Waals surface area contributed by atoms with E-state index in [9.17, 15) is 4.79 Å². The van der Waals surface area contributed by atoms with Crippen LogP contribution in [-0.2, 0) is 13.1 Å². The van der Waals surface area contributed by atoms with E-state index < -0.39 is 0 Å². The first-order valence-electron chi connectivity index (χ1n) is 11.2. The second-order valence-corrected chi connectivity index (χ2v) is 8.99. The van der Waals surface area contributed by atoms with Gasteiger partial charge in [-0.2, -0.15) is 0 Å². The Balaban J connectivity index is 0.00000304. The molecule has 0 unspecified atom stereocenters. The first-order valence-corrected chi connectivity index (χ1v) is 12.1. The minimum atomic E-state index is -0.195. The number of carbonyl (C=O) groups is 1. The van der Waals surface area contributed by atoms with Gasteiger partial charge >= 0.3 is 0 Å². The molecule has 1 amide bonds. The van der Waals surface area contributed by atoms with Crippen LogP contribution in [0.25, 0.3) is 21.3 Å². The molecule has 2 N–H and O–H groups in total. The number of nitrogens with zero attached hydrogens (tertiary/aromatic N) is 2. The predicted molar refractivity (Wildman–Crippen MR) is 148 cm³/mol. The number of hydrogen-bond acceptors (Lipinski definition) is 6. The summed E-state index contributed by atoms with van der Waals surface area (Å²) in [4.78, 5) is 21.7. The number of amides is 1. The second kappa shape index (κ2) is 11.8. The van der Waals surface area contributed by atoms with Crippen LogP contribution in [0.5, 0.6) is 5.75 Å². The highest BCUT2D eigenvalue weighted by molar-refractivity contribution is 7.23. The van der Waals surface area contributed by atoms with Crippen molar-refractivity contribution in [2.75, 3.05) is 12.4 Å². The zero-order valence-corrected chi connectivity index (χ0v) is 21.2. The van der Waals surface area contributed by atoms with Crippen LogP contribution < -0.4 is 15.4 Å². The van der Waals surface area contributed by atoms with Gasteiger partial charge in [-0.3, -0.25) is 15.1 Å². The number of benzene rings is 3. The molecule has 36 heavy (non-hydrogen) atoms. The van der Waals surface area contributed by atoms with E-state index in [1.54, 1.807) is 13.3 Å². The number of nitrogens with one attached hydrogen (secondary N) is 2. The summed E-state index contributed by atoms with van der Waals surface area (Å²) in [7, 11) is 1.63. The Morgan fingerprint density at radius 3 is 2.42 bits per heavy atom. The molecule has 0 atom stereocenters. The Labute approximate surface area is 219 Å². The van der Waals surface area contributed by atoms with E-state index in [2.05, 4.69) is 32.7 Å². The van der Waals surface area contributed by atoms with Crippen LogP contribution in [0.2, 0.25) is 0 Å². The van der Waals surface area contributed by atoms with Crippen LogP contribution in [0.15, 0.2) is 91.3 Å². The van der Waals surface area contributed by atoms with Crippen LogP contribution in [0.1, 0.15) is 21.5 Å². The first kappa shape index (κ1) is 25.3. The van der Waals surface area contributed by atoms with Gasteiger partial charge in [0.05, 0.1) is 11.8 Å². The highest BCUT2D eigenvalue weighted by atomic mass is 35.5. The smallest absolute Gasteiger partial charge is 0.257 e. The van der Waals surface area contributed by atoms with Gasteiger partial charge in [0.2, 0.25) is 0 Å². The molecule has 8 heteroatoms. The second-order valence-electron chi connectivity index (χ2n) is 7.99. The molecule has 0 saturated heterocycles. The molecule has 2 heterocycles. The lowest BCUT2D eigenvalue weighted by Gasteiger charge is -2.06. The van der Waals surface area contributed by atoms with Crippen molar-refractivity contribution in [2.24, 2.45) is 0 Å². The van der Waals surface area contributed by atoms with Gasteiger partial charge in [-0.05, 0) is 47.0 Å². The lowest BCUT2D eigenvalue weighted by molar-refractivity contribution is 0.102. The Hall–Kier alpha value is -3.78. The van der Waals surface area contributed by atoms with Gasteiger partial charge in [0, 0.05) is 36.6 Å². The highest BCUT2D eigenvalue weighted by Crippen LogP contribution is 2.39. The fourth-order valence-corrected chi connectivity index (χ4v) is 4.86. The molecule has 5 rings (SSSR count). The minimum Gasteiger partial charge on any atom is -0.494 e. The van der Waals surface area contributed by atoms with Crippen LogP contribution in [0.3, 0.4) is 0 Å². The first-order chi connectivity index (χ1) is 17.2. The molecule has 6 nitrogen and oxygen atoms in total. The SMILES string of the molecule is COc1ccc(-c2ccccc2)c2sc(NC(=O)c3ccc(CNCc4cccnc4)cc3)nc12.Cl. The lowest BCUT2D eigenvalue weighted by atomic mass is 10.1. The number of rotatable bonds is 8. The number of anilines is 1. The molecule has 0 aliphatic carbocycles. The Kier molecular flexibility index (Phi) is 8.28. The number of carbonyl (C=O) groups excluding carboxylic acids is 1. The van der Waals surface area contributed by atoms with Crippen LogP contribution >= 0.6 is 23.7 Å². The Morgan fingerprint density at radius 2 is 1.69 bits per heavy atom. The molecule has 0 spiro atoms. The number of halogens is 1. The van der Waals surface area contributed by atoms with Gasteiger partial charge in [-0.15, -0.1) is 12.4 Å². The van der Waals surface area contributed by atoms with E-state index in [-0.39, 0.29) is 18.3 Å². The van der Waals surface area contributed by atoms with Crippen LogP contribution in [-0.4, -0.2) is 23.0 Å². The van der Waals surface area contributed by atoms with E-state index >= 15 is 0 Å². The number of pyridine rings is 1. The third-order valence-corrected chi connectivity index (χ3v) is 6.63. The van der Waals surface area contributed by atoms with Crippen molar-refractivity contribution in [1.29, 1.82) is 0 Å². The van der Waals surface area contributed by atoms with E-state index in [1.807, 2.05) is 72.9 Å². The average molecular weight is 517 g/mol. The summed E-state index contributed by atoms with van der Waals surface area (Å²) in [6.07, 6.45) is 3.61. The molecule has 5 aromatic rings. The normalized spacial score (nSPS) is 10.6. The fourth-order valence-electron chi connectivity index (χ4n) is 3.84. The Morgan fingerprint density at radius 1 is 0.917 bits per heavy atom. The fraction of sp³-hybridized carbons (Fsp3) is 0.107. The van der Waals surface area contributed by atoms with Gasteiger partial charge < -0.3 is 10.1 Å². The third-order valence-electron chi connectivity index (χ3n) is 5.63. The van der Waals surface area contributed by atoms with Gasteiger partial charge in [-0.25, -0.2) is 4.98 Å². The molecule has 0 saturated carbocycles. The van der Waals surface area contributed by atoms with Gasteiger partial charge in [0.15, 0.2) is 5.13 Å². The van der Waals surface area contributed by atoms with Crippen LogP contribution in [0, 0.1) is 0 Å².